The summed E-state index contributed by atoms with van der Waals surface area (Å²) in [6, 6.07) is 0. The van der Waals surface area contributed by atoms with Gasteiger partial charge in [0.05, 0.1) is 6.61 Å². The van der Waals surface area contributed by atoms with Crippen LogP contribution in [-0.2, 0) is 23.7 Å². The van der Waals surface area contributed by atoms with Gasteiger partial charge in [-0.1, -0.05) is 97.3 Å². The Balaban J connectivity index is 2.03. The fourth-order valence-corrected chi connectivity index (χ4v) is 4.47. The summed E-state index contributed by atoms with van der Waals surface area (Å²) < 4.78 is 22.7. The zero-order chi connectivity index (χ0) is 25.1. The highest BCUT2D eigenvalue weighted by molar-refractivity contribution is 5.69. The van der Waals surface area contributed by atoms with Crippen molar-refractivity contribution in [2.45, 2.75) is 155 Å². The third-order valence-corrected chi connectivity index (χ3v) is 6.39. The number of aliphatic hydroxyl groups excluding tert-OH is 1. The average Bonchev–Trinajstić information content (AvgIpc) is 3.11. The van der Waals surface area contributed by atoms with Gasteiger partial charge in [-0.2, -0.15) is 0 Å². The van der Waals surface area contributed by atoms with Crippen LogP contribution in [0.25, 0.3) is 0 Å². The quantitative estimate of drug-likeness (QED) is 0.135. The Morgan fingerprint density at radius 2 is 1.35 bits per heavy atom. The van der Waals surface area contributed by atoms with E-state index >= 15 is 0 Å². The molecule has 6 heteroatoms. The van der Waals surface area contributed by atoms with Crippen molar-refractivity contribution in [3.63, 3.8) is 0 Å². The van der Waals surface area contributed by atoms with E-state index in [0.717, 1.165) is 12.8 Å². The Labute approximate surface area is 209 Å². The Hall–Kier alpha value is -0.690. The van der Waals surface area contributed by atoms with Crippen molar-refractivity contribution < 1.29 is 28.8 Å². The molecular weight excluding hydrogens is 432 g/mol. The molecule has 0 spiro atoms. The number of ether oxygens (including phenoxy) is 4. The molecule has 0 aromatic heterocycles. The van der Waals surface area contributed by atoms with Crippen molar-refractivity contribution in [3.8, 4) is 0 Å². The van der Waals surface area contributed by atoms with Crippen LogP contribution in [0, 0.1) is 0 Å². The molecule has 34 heavy (non-hydrogen) atoms. The predicted octanol–water partition coefficient (Wildman–Crippen LogP) is 6.71. The van der Waals surface area contributed by atoms with Crippen molar-refractivity contribution in [3.05, 3.63) is 0 Å². The van der Waals surface area contributed by atoms with E-state index in [1.54, 1.807) is 0 Å². The molecule has 0 amide bonds. The van der Waals surface area contributed by atoms with E-state index < -0.39 is 18.0 Å². The molecular formula is C28H54O6. The number of esters is 1. The molecule has 1 rings (SSSR count). The fraction of sp³-hybridized carbons (Fsp3) is 0.964. The molecule has 1 N–H and O–H groups in total. The van der Waals surface area contributed by atoms with E-state index in [0.29, 0.717) is 19.6 Å². The van der Waals surface area contributed by atoms with Gasteiger partial charge in [0.2, 0.25) is 0 Å². The summed E-state index contributed by atoms with van der Waals surface area (Å²) in [7, 11) is 0. The minimum absolute atomic E-state index is 0.0849. The van der Waals surface area contributed by atoms with Crippen LogP contribution in [-0.4, -0.2) is 55.0 Å². The summed E-state index contributed by atoms with van der Waals surface area (Å²) >= 11 is 0. The molecule has 1 aliphatic heterocycles. The van der Waals surface area contributed by atoms with Gasteiger partial charge >= 0.3 is 5.97 Å². The number of unbranched alkanes of at least 4 members (excludes halogenated alkanes) is 13. The van der Waals surface area contributed by atoms with Crippen LogP contribution in [0.1, 0.15) is 130 Å². The highest BCUT2D eigenvalue weighted by Gasteiger charge is 2.45. The van der Waals surface area contributed by atoms with Gasteiger partial charge in [-0.05, 0) is 26.7 Å². The normalized spacial score (nSPS) is 20.5. The maximum atomic E-state index is 11.6. The van der Waals surface area contributed by atoms with Crippen LogP contribution in [0.5, 0.6) is 0 Å². The van der Waals surface area contributed by atoms with Crippen molar-refractivity contribution in [1.29, 1.82) is 0 Å². The minimum Gasteiger partial charge on any atom is -0.463 e. The number of aliphatic hydroxyl groups is 1. The molecule has 6 nitrogen and oxygen atoms in total. The molecule has 1 aliphatic rings. The lowest BCUT2D eigenvalue weighted by molar-refractivity contribution is -0.164. The Bertz CT molecular complexity index is 495. The number of rotatable bonds is 22. The third-order valence-electron chi connectivity index (χ3n) is 6.39. The van der Waals surface area contributed by atoms with Gasteiger partial charge in [0.25, 0.3) is 0 Å². The van der Waals surface area contributed by atoms with Crippen LogP contribution in [0.15, 0.2) is 0 Å². The summed E-state index contributed by atoms with van der Waals surface area (Å²) in [5.74, 6) is -1.09. The second-order valence-electron chi connectivity index (χ2n) is 10.3. The third kappa shape index (κ3) is 15.3. The highest BCUT2D eigenvalue weighted by Crippen LogP contribution is 2.30. The van der Waals surface area contributed by atoms with E-state index in [1.165, 1.54) is 83.5 Å². The molecule has 1 fully saturated rings. The van der Waals surface area contributed by atoms with Crippen LogP contribution in [0.4, 0.5) is 0 Å². The maximum absolute atomic E-state index is 11.6. The van der Waals surface area contributed by atoms with Gasteiger partial charge in [0.15, 0.2) is 5.79 Å². The van der Waals surface area contributed by atoms with E-state index in [2.05, 4.69) is 6.92 Å². The summed E-state index contributed by atoms with van der Waals surface area (Å²) in [5, 5.41) is 10.5. The first-order chi connectivity index (χ1) is 16.4. The van der Waals surface area contributed by atoms with Gasteiger partial charge in [-0.3, -0.25) is 4.79 Å². The minimum atomic E-state index is -0.933. The molecule has 0 unspecified atom stereocenters. The maximum Gasteiger partial charge on any atom is 0.305 e. The fourth-order valence-electron chi connectivity index (χ4n) is 4.47. The topological polar surface area (TPSA) is 74.2 Å². The van der Waals surface area contributed by atoms with Crippen molar-refractivity contribution in [2.75, 3.05) is 19.8 Å². The Morgan fingerprint density at radius 1 is 0.824 bits per heavy atom. The second-order valence-corrected chi connectivity index (χ2v) is 10.3. The van der Waals surface area contributed by atoms with Crippen molar-refractivity contribution in [1.82, 2.24) is 0 Å². The van der Waals surface area contributed by atoms with Gasteiger partial charge in [0.1, 0.15) is 24.9 Å². The van der Waals surface area contributed by atoms with Gasteiger partial charge < -0.3 is 24.1 Å². The molecule has 1 heterocycles. The molecule has 0 bridgehead atoms. The molecule has 1 saturated heterocycles. The van der Waals surface area contributed by atoms with Crippen LogP contribution < -0.4 is 0 Å². The standard InChI is InChI=1S/C28H54O6/c1-5-7-8-9-10-11-12-13-14-15-16-17-18-19-21-31-23-25-27(34-28(3,4)33-25)24(29)22-32-26(30)20-6-2/h24-25,27,29H,5-23H2,1-4H3/t24-,25+,27+/m1/s1. The first-order valence-corrected chi connectivity index (χ1v) is 14.2. The smallest absolute Gasteiger partial charge is 0.305 e. The molecule has 0 aromatic rings. The van der Waals surface area contributed by atoms with E-state index in [-0.39, 0.29) is 18.7 Å². The van der Waals surface area contributed by atoms with Crippen LogP contribution in [0.3, 0.4) is 0 Å². The number of hydrogen-bond donors (Lipinski definition) is 1. The molecule has 3 atom stereocenters. The summed E-state index contributed by atoms with van der Waals surface area (Å²) in [5.41, 5.74) is 0. The largest absolute Gasteiger partial charge is 0.463 e. The van der Waals surface area contributed by atoms with Gasteiger partial charge in [0, 0.05) is 13.0 Å². The molecule has 202 valence electrons. The van der Waals surface area contributed by atoms with Crippen LogP contribution >= 0.6 is 0 Å². The number of carbonyl (C=O) groups excluding carboxylic acids is 1. The van der Waals surface area contributed by atoms with E-state index in [1.807, 2.05) is 20.8 Å². The lowest BCUT2D eigenvalue weighted by Crippen LogP contribution is -2.41. The van der Waals surface area contributed by atoms with Crippen molar-refractivity contribution in [2.24, 2.45) is 0 Å². The zero-order valence-corrected chi connectivity index (χ0v) is 22.7. The van der Waals surface area contributed by atoms with Crippen molar-refractivity contribution >= 4 is 5.97 Å². The first kappa shape index (κ1) is 31.3. The summed E-state index contributed by atoms with van der Waals surface area (Å²) in [4.78, 5) is 11.6. The second kappa shape index (κ2) is 19.5. The first-order valence-electron chi connectivity index (χ1n) is 14.2. The van der Waals surface area contributed by atoms with Crippen LogP contribution in [0.2, 0.25) is 0 Å². The molecule has 0 radical (unpaired) electrons. The Kier molecular flexibility index (Phi) is 18.0. The van der Waals surface area contributed by atoms with E-state index in [9.17, 15) is 9.90 Å². The number of carbonyl (C=O) groups is 1. The lowest BCUT2D eigenvalue weighted by Gasteiger charge is -2.22. The molecule has 0 aromatic carbocycles. The van der Waals surface area contributed by atoms with Gasteiger partial charge in [-0.25, -0.2) is 0 Å². The summed E-state index contributed by atoms with van der Waals surface area (Å²) in [6.07, 6.45) is 17.9. The average molecular weight is 487 g/mol. The Morgan fingerprint density at radius 3 is 1.88 bits per heavy atom. The lowest BCUT2D eigenvalue weighted by atomic mass is 10.0. The SMILES string of the molecule is CCCCCCCCCCCCCCCCOC[C@@H]1OC(C)(C)O[C@H]1[C@H](O)COC(=O)CCC. The van der Waals surface area contributed by atoms with E-state index in [4.69, 9.17) is 18.9 Å². The predicted molar refractivity (Wildman–Crippen MR) is 137 cm³/mol. The molecule has 0 saturated carbocycles. The monoisotopic (exact) mass is 486 g/mol. The van der Waals surface area contributed by atoms with Gasteiger partial charge in [-0.15, -0.1) is 0 Å². The molecule has 0 aliphatic carbocycles. The number of hydrogen-bond acceptors (Lipinski definition) is 6. The highest BCUT2D eigenvalue weighted by atomic mass is 16.8. The zero-order valence-electron chi connectivity index (χ0n) is 22.7. The summed E-state index contributed by atoms with van der Waals surface area (Å²) in [6.45, 7) is 8.80.